The molecule has 5 heteroatoms. The van der Waals surface area contributed by atoms with Crippen LogP contribution >= 0.6 is 0 Å². The van der Waals surface area contributed by atoms with Crippen LogP contribution in [0.1, 0.15) is 26.2 Å². The highest BCUT2D eigenvalue weighted by Gasteiger charge is 2.28. The number of rotatable bonds is 3. The fraction of sp³-hybridized carbons (Fsp3) is 0.533. The Labute approximate surface area is 118 Å². The normalized spacial score (nSPS) is 23.4. The average molecular weight is 276 g/mol. The number of aromatic amines is 1. The predicted molar refractivity (Wildman–Crippen MR) is 79.3 cm³/mol. The Morgan fingerprint density at radius 1 is 1.50 bits per heavy atom. The number of benzene rings is 1. The van der Waals surface area contributed by atoms with Gasteiger partial charge in [-0.05, 0) is 37.0 Å². The van der Waals surface area contributed by atoms with Gasteiger partial charge < -0.3 is 15.6 Å². The molecule has 0 radical (unpaired) electrons. The Hall–Kier alpha value is -1.62. The van der Waals surface area contributed by atoms with Gasteiger partial charge in [-0.3, -0.25) is 0 Å². The van der Waals surface area contributed by atoms with E-state index in [1.165, 1.54) is 25.0 Å². The Morgan fingerprint density at radius 3 is 3.10 bits per heavy atom. The second-order valence-electron chi connectivity index (χ2n) is 5.60. The van der Waals surface area contributed by atoms with E-state index in [4.69, 9.17) is 5.73 Å². The number of hydrogen-bond acceptors (Lipinski definition) is 3. The van der Waals surface area contributed by atoms with Crippen LogP contribution in [0.15, 0.2) is 18.2 Å². The Bertz CT molecular complexity index is 595. The zero-order valence-electron chi connectivity index (χ0n) is 11.8. The summed E-state index contributed by atoms with van der Waals surface area (Å²) in [5.41, 5.74) is 7.47. The summed E-state index contributed by atoms with van der Waals surface area (Å²) >= 11 is 0. The van der Waals surface area contributed by atoms with Gasteiger partial charge in [0.1, 0.15) is 5.82 Å². The maximum absolute atomic E-state index is 13.2. The quantitative estimate of drug-likeness (QED) is 0.906. The van der Waals surface area contributed by atoms with E-state index in [0.717, 1.165) is 35.9 Å². The number of halogens is 1. The summed E-state index contributed by atoms with van der Waals surface area (Å²) in [4.78, 5) is 10.0. The van der Waals surface area contributed by atoms with Crippen molar-refractivity contribution in [3.63, 3.8) is 0 Å². The number of nitrogens with two attached hydrogens (primary N) is 1. The molecular weight excluding hydrogens is 255 g/mol. The van der Waals surface area contributed by atoms with Crippen molar-refractivity contribution in [2.45, 2.75) is 32.2 Å². The molecule has 1 aromatic carbocycles. The first-order chi connectivity index (χ1) is 9.71. The largest absolute Gasteiger partial charge is 0.338 e. The fourth-order valence-electron chi connectivity index (χ4n) is 3.11. The van der Waals surface area contributed by atoms with Gasteiger partial charge in [0, 0.05) is 19.1 Å². The van der Waals surface area contributed by atoms with E-state index in [1.807, 2.05) is 0 Å². The SMILES string of the molecule is CCC1CCN(c2nc3ccc(F)cc3[nH]2)C(CN)C1. The summed E-state index contributed by atoms with van der Waals surface area (Å²) in [6, 6.07) is 4.96. The molecule has 0 bridgehead atoms. The van der Waals surface area contributed by atoms with Crippen molar-refractivity contribution in [1.82, 2.24) is 9.97 Å². The highest BCUT2D eigenvalue weighted by molar-refractivity contribution is 5.77. The summed E-state index contributed by atoms with van der Waals surface area (Å²) in [5.74, 6) is 1.32. The minimum absolute atomic E-state index is 0.243. The molecule has 1 saturated heterocycles. The highest BCUT2D eigenvalue weighted by atomic mass is 19.1. The van der Waals surface area contributed by atoms with Crippen LogP contribution in [0.3, 0.4) is 0 Å². The van der Waals surface area contributed by atoms with Gasteiger partial charge in [-0.15, -0.1) is 0 Å². The molecule has 2 atom stereocenters. The third kappa shape index (κ3) is 2.38. The second kappa shape index (κ2) is 5.40. The van der Waals surface area contributed by atoms with Gasteiger partial charge >= 0.3 is 0 Å². The van der Waals surface area contributed by atoms with Gasteiger partial charge in [0.2, 0.25) is 5.95 Å². The lowest BCUT2D eigenvalue weighted by molar-refractivity contribution is 0.333. The van der Waals surface area contributed by atoms with Gasteiger partial charge in [0.25, 0.3) is 0 Å². The highest BCUT2D eigenvalue weighted by Crippen LogP contribution is 2.29. The zero-order valence-corrected chi connectivity index (χ0v) is 11.8. The number of piperidine rings is 1. The Balaban J connectivity index is 1.89. The van der Waals surface area contributed by atoms with E-state index >= 15 is 0 Å². The first-order valence-corrected chi connectivity index (χ1v) is 7.33. The van der Waals surface area contributed by atoms with E-state index < -0.39 is 0 Å². The molecule has 0 amide bonds. The summed E-state index contributed by atoms with van der Waals surface area (Å²) in [6.07, 6.45) is 3.48. The van der Waals surface area contributed by atoms with Gasteiger partial charge in [-0.1, -0.05) is 13.3 Å². The number of nitrogens with one attached hydrogen (secondary N) is 1. The van der Waals surface area contributed by atoms with E-state index in [1.54, 1.807) is 6.07 Å². The Kier molecular flexibility index (Phi) is 3.61. The maximum Gasteiger partial charge on any atom is 0.204 e. The maximum atomic E-state index is 13.2. The van der Waals surface area contributed by atoms with Crippen LogP contribution in [0.25, 0.3) is 11.0 Å². The van der Waals surface area contributed by atoms with Gasteiger partial charge in [-0.25, -0.2) is 9.37 Å². The van der Waals surface area contributed by atoms with Crippen LogP contribution < -0.4 is 10.6 Å². The van der Waals surface area contributed by atoms with E-state index in [2.05, 4.69) is 21.8 Å². The van der Waals surface area contributed by atoms with Crippen molar-refractivity contribution in [1.29, 1.82) is 0 Å². The average Bonchev–Trinajstić information content (AvgIpc) is 2.89. The van der Waals surface area contributed by atoms with Crippen LogP contribution in [-0.2, 0) is 0 Å². The molecule has 0 spiro atoms. The van der Waals surface area contributed by atoms with Crippen LogP contribution in [0.4, 0.5) is 10.3 Å². The van der Waals surface area contributed by atoms with E-state index in [-0.39, 0.29) is 5.82 Å². The van der Waals surface area contributed by atoms with E-state index in [9.17, 15) is 4.39 Å². The molecule has 108 valence electrons. The lowest BCUT2D eigenvalue weighted by Gasteiger charge is -2.38. The summed E-state index contributed by atoms with van der Waals surface area (Å²) in [5, 5.41) is 0. The van der Waals surface area contributed by atoms with Crippen molar-refractivity contribution < 1.29 is 4.39 Å². The molecule has 3 rings (SSSR count). The first-order valence-electron chi connectivity index (χ1n) is 7.33. The molecule has 1 aliphatic heterocycles. The molecule has 0 saturated carbocycles. The number of anilines is 1. The van der Waals surface area contributed by atoms with Gasteiger partial charge in [-0.2, -0.15) is 0 Å². The van der Waals surface area contributed by atoms with Crippen molar-refractivity contribution in [3.8, 4) is 0 Å². The van der Waals surface area contributed by atoms with Crippen LogP contribution in [0.2, 0.25) is 0 Å². The molecule has 2 heterocycles. The Morgan fingerprint density at radius 2 is 2.35 bits per heavy atom. The number of fused-ring (bicyclic) bond motifs is 1. The second-order valence-corrected chi connectivity index (χ2v) is 5.60. The number of hydrogen-bond donors (Lipinski definition) is 2. The van der Waals surface area contributed by atoms with Gasteiger partial charge in [0.05, 0.1) is 11.0 Å². The number of imidazole rings is 1. The summed E-state index contributed by atoms with van der Waals surface area (Å²) in [6.45, 7) is 3.82. The molecule has 1 fully saturated rings. The molecule has 1 aliphatic rings. The van der Waals surface area contributed by atoms with E-state index in [0.29, 0.717) is 12.6 Å². The van der Waals surface area contributed by atoms with Crippen molar-refractivity contribution in [2.75, 3.05) is 18.0 Å². The number of aromatic nitrogens is 2. The topological polar surface area (TPSA) is 57.9 Å². The third-order valence-electron chi connectivity index (χ3n) is 4.38. The van der Waals surface area contributed by atoms with Crippen molar-refractivity contribution >= 4 is 17.0 Å². The molecule has 2 unspecified atom stereocenters. The van der Waals surface area contributed by atoms with Crippen LogP contribution in [0, 0.1) is 11.7 Å². The zero-order chi connectivity index (χ0) is 14.1. The minimum Gasteiger partial charge on any atom is -0.338 e. The predicted octanol–water partition coefficient (Wildman–Crippen LogP) is 2.66. The van der Waals surface area contributed by atoms with Crippen LogP contribution in [0.5, 0.6) is 0 Å². The smallest absolute Gasteiger partial charge is 0.204 e. The molecular formula is C15H21FN4. The van der Waals surface area contributed by atoms with Crippen molar-refractivity contribution in [3.05, 3.63) is 24.0 Å². The molecule has 1 aromatic heterocycles. The summed E-state index contributed by atoms with van der Waals surface area (Å²) < 4.78 is 13.2. The monoisotopic (exact) mass is 276 g/mol. The first kappa shape index (κ1) is 13.4. The fourth-order valence-corrected chi connectivity index (χ4v) is 3.11. The van der Waals surface area contributed by atoms with Crippen molar-refractivity contribution in [2.24, 2.45) is 11.7 Å². The lowest BCUT2D eigenvalue weighted by atomic mass is 9.89. The van der Waals surface area contributed by atoms with Crippen LogP contribution in [-0.4, -0.2) is 29.1 Å². The summed E-state index contributed by atoms with van der Waals surface area (Å²) in [7, 11) is 0. The number of H-pyrrole nitrogens is 1. The number of nitrogens with zero attached hydrogens (tertiary/aromatic N) is 2. The van der Waals surface area contributed by atoms with Gasteiger partial charge in [0.15, 0.2) is 0 Å². The molecule has 3 N–H and O–H groups in total. The lowest BCUT2D eigenvalue weighted by Crippen LogP contribution is -2.47. The standard InChI is InChI=1S/C15H21FN4/c1-2-10-5-6-20(12(7-10)9-17)15-18-13-4-3-11(16)8-14(13)19-15/h3-4,8,10,12H,2,5-7,9,17H2,1H3,(H,18,19). The molecule has 0 aliphatic carbocycles. The molecule has 2 aromatic rings. The molecule has 20 heavy (non-hydrogen) atoms. The third-order valence-corrected chi connectivity index (χ3v) is 4.38. The molecule has 4 nitrogen and oxygen atoms in total. The minimum atomic E-state index is -0.243.